The van der Waals surface area contributed by atoms with Crippen molar-refractivity contribution in [2.75, 3.05) is 10.6 Å². The van der Waals surface area contributed by atoms with Crippen LogP contribution in [0.4, 0.5) is 17.3 Å². The highest BCUT2D eigenvalue weighted by Gasteiger charge is 2.08. The zero-order chi connectivity index (χ0) is 16.8. The van der Waals surface area contributed by atoms with Gasteiger partial charge >= 0.3 is 0 Å². The molecule has 0 saturated carbocycles. The Labute approximate surface area is 138 Å². The van der Waals surface area contributed by atoms with Crippen LogP contribution in [0.5, 0.6) is 0 Å². The first-order valence-electron chi connectivity index (χ1n) is 7.21. The van der Waals surface area contributed by atoms with Crippen molar-refractivity contribution in [2.45, 2.75) is 0 Å². The standard InChI is InChI=1S/C18H13N5O/c19-10-13-6-4-5-9-16(13)23-18-20-11-14(12-21-18)17(24)22-15-7-2-1-3-8-15/h1-9,11-12H,(H,22,24)(H,20,21,23). The first-order chi connectivity index (χ1) is 11.8. The van der Waals surface area contributed by atoms with E-state index in [1.165, 1.54) is 12.4 Å². The lowest BCUT2D eigenvalue weighted by atomic mass is 10.2. The van der Waals surface area contributed by atoms with Gasteiger partial charge in [-0.2, -0.15) is 5.26 Å². The second-order valence-corrected chi connectivity index (χ2v) is 4.90. The summed E-state index contributed by atoms with van der Waals surface area (Å²) in [6, 6.07) is 18.3. The van der Waals surface area contributed by atoms with Crippen LogP contribution in [0.1, 0.15) is 15.9 Å². The average Bonchev–Trinajstić information content (AvgIpc) is 2.63. The molecular formula is C18H13N5O. The first-order valence-corrected chi connectivity index (χ1v) is 7.21. The van der Waals surface area contributed by atoms with Crippen molar-refractivity contribution in [2.24, 2.45) is 0 Å². The molecule has 0 spiro atoms. The van der Waals surface area contributed by atoms with Crippen LogP contribution < -0.4 is 10.6 Å². The van der Waals surface area contributed by atoms with Crippen LogP contribution >= 0.6 is 0 Å². The molecule has 0 aliphatic heterocycles. The Kier molecular flexibility index (Phi) is 4.45. The molecule has 0 unspecified atom stereocenters. The van der Waals surface area contributed by atoms with Crippen molar-refractivity contribution < 1.29 is 4.79 Å². The van der Waals surface area contributed by atoms with Crippen LogP contribution in [0.3, 0.4) is 0 Å². The molecule has 6 heteroatoms. The average molecular weight is 315 g/mol. The van der Waals surface area contributed by atoms with E-state index in [2.05, 4.69) is 26.7 Å². The Morgan fingerprint density at radius 1 is 0.958 bits per heavy atom. The number of aromatic nitrogens is 2. The number of nitriles is 1. The van der Waals surface area contributed by atoms with Gasteiger partial charge in [0.25, 0.3) is 5.91 Å². The van der Waals surface area contributed by atoms with Gasteiger partial charge in [-0.05, 0) is 24.3 Å². The number of hydrogen-bond acceptors (Lipinski definition) is 5. The smallest absolute Gasteiger partial charge is 0.258 e. The minimum Gasteiger partial charge on any atom is -0.323 e. The summed E-state index contributed by atoms with van der Waals surface area (Å²) in [6.45, 7) is 0. The number of nitrogens with zero attached hydrogens (tertiary/aromatic N) is 3. The predicted molar refractivity (Wildman–Crippen MR) is 90.9 cm³/mol. The molecule has 0 saturated heterocycles. The van der Waals surface area contributed by atoms with Crippen molar-refractivity contribution in [1.82, 2.24) is 9.97 Å². The molecule has 0 aliphatic rings. The summed E-state index contributed by atoms with van der Waals surface area (Å²) in [5, 5.41) is 14.8. The molecule has 1 heterocycles. The fourth-order valence-electron chi connectivity index (χ4n) is 2.04. The van der Waals surface area contributed by atoms with Crippen molar-refractivity contribution in [1.29, 1.82) is 5.26 Å². The van der Waals surface area contributed by atoms with E-state index in [0.29, 0.717) is 28.5 Å². The van der Waals surface area contributed by atoms with E-state index in [9.17, 15) is 4.79 Å². The zero-order valence-corrected chi connectivity index (χ0v) is 12.6. The largest absolute Gasteiger partial charge is 0.323 e. The molecule has 3 rings (SSSR count). The second kappa shape index (κ2) is 7.03. The topological polar surface area (TPSA) is 90.7 Å². The fraction of sp³-hybridized carbons (Fsp3) is 0. The molecule has 24 heavy (non-hydrogen) atoms. The molecular weight excluding hydrogens is 302 g/mol. The van der Waals surface area contributed by atoms with E-state index < -0.39 is 0 Å². The number of amides is 1. The third-order valence-corrected chi connectivity index (χ3v) is 3.24. The van der Waals surface area contributed by atoms with Gasteiger partial charge < -0.3 is 10.6 Å². The molecule has 0 fully saturated rings. The van der Waals surface area contributed by atoms with Crippen LogP contribution in [0.25, 0.3) is 0 Å². The highest BCUT2D eigenvalue weighted by atomic mass is 16.1. The number of hydrogen-bond donors (Lipinski definition) is 2. The molecule has 6 nitrogen and oxygen atoms in total. The van der Waals surface area contributed by atoms with E-state index in [1.807, 2.05) is 24.3 Å². The molecule has 0 radical (unpaired) electrons. The summed E-state index contributed by atoms with van der Waals surface area (Å²) in [5.41, 5.74) is 2.15. The van der Waals surface area contributed by atoms with Gasteiger partial charge in [0.1, 0.15) is 6.07 Å². The maximum atomic E-state index is 12.1. The van der Waals surface area contributed by atoms with Gasteiger partial charge in [-0.1, -0.05) is 30.3 Å². The summed E-state index contributed by atoms with van der Waals surface area (Å²) in [7, 11) is 0. The predicted octanol–water partition coefficient (Wildman–Crippen LogP) is 3.34. The van der Waals surface area contributed by atoms with Crippen LogP contribution in [0.15, 0.2) is 67.0 Å². The van der Waals surface area contributed by atoms with Crippen LogP contribution in [0.2, 0.25) is 0 Å². The number of para-hydroxylation sites is 2. The van der Waals surface area contributed by atoms with E-state index >= 15 is 0 Å². The lowest BCUT2D eigenvalue weighted by Crippen LogP contribution is -2.13. The number of rotatable bonds is 4. The van der Waals surface area contributed by atoms with E-state index in [4.69, 9.17) is 5.26 Å². The lowest BCUT2D eigenvalue weighted by molar-refractivity contribution is 0.102. The van der Waals surface area contributed by atoms with Gasteiger partial charge in [-0.15, -0.1) is 0 Å². The minimum atomic E-state index is -0.287. The number of anilines is 3. The molecule has 3 aromatic rings. The number of carbonyl (C=O) groups is 1. The van der Waals surface area contributed by atoms with E-state index in [1.54, 1.807) is 30.3 Å². The molecule has 0 aliphatic carbocycles. The van der Waals surface area contributed by atoms with Crippen LogP contribution in [-0.2, 0) is 0 Å². The fourth-order valence-corrected chi connectivity index (χ4v) is 2.04. The third-order valence-electron chi connectivity index (χ3n) is 3.24. The molecule has 1 aromatic heterocycles. The van der Waals surface area contributed by atoms with Gasteiger partial charge in [-0.25, -0.2) is 9.97 Å². The van der Waals surface area contributed by atoms with Gasteiger partial charge in [0.15, 0.2) is 0 Å². The highest BCUT2D eigenvalue weighted by Crippen LogP contribution is 2.17. The number of carbonyl (C=O) groups excluding carboxylic acids is 1. The SMILES string of the molecule is N#Cc1ccccc1Nc1ncc(C(=O)Nc2ccccc2)cn1. The molecule has 0 bridgehead atoms. The molecule has 0 atom stereocenters. The van der Waals surface area contributed by atoms with E-state index in [0.717, 1.165) is 0 Å². The quantitative estimate of drug-likeness (QED) is 0.770. The normalized spacial score (nSPS) is 9.79. The minimum absolute atomic E-state index is 0.287. The van der Waals surface area contributed by atoms with Crippen molar-refractivity contribution in [3.8, 4) is 6.07 Å². The maximum absolute atomic E-state index is 12.1. The zero-order valence-electron chi connectivity index (χ0n) is 12.6. The summed E-state index contributed by atoms with van der Waals surface area (Å²) >= 11 is 0. The lowest BCUT2D eigenvalue weighted by Gasteiger charge is -2.07. The van der Waals surface area contributed by atoms with Crippen LogP contribution in [-0.4, -0.2) is 15.9 Å². The molecule has 2 N–H and O–H groups in total. The Morgan fingerprint density at radius 3 is 2.33 bits per heavy atom. The van der Waals surface area contributed by atoms with Crippen LogP contribution in [0, 0.1) is 11.3 Å². The monoisotopic (exact) mass is 315 g/mol. The first kappa shape index (κ1) is 15.2. The third kappa shape index (κ3) is 3.54. The number of nitrogens with one attached hydrogen (secondary N) is 2. The molecule has 2 aromatic carbocycles. The highest BCUT2D eigenvalue weighted by molar-refractivity contribution is 6.03. The maximum Gasteiger partial charge on any atom is 0.258 e. The van der Waals surface area contributed by atoms with Crippen molar-refractivity contribution >= 4 is 23.2 Å². The Morgan fingerprint density at radius 2 is 1.62 bits per heavy atom. The van der Waals surface area contributed by atoms with Crippen molar-refractivity contribution in [3.63, 3.8) is 0 Å². The van der Waals surface area contributed by atoms with Gasteiger partial charge in [-0.3, -0.25) is 4.79 Å². The molecule has 1 amide bonds. The molecule has 116 valence electrons. The number of benzene rings is 2. The Balaban J connectivity index is 1.71. The second-order valence-electron chi connectivity index (χ2n) is 4.90. The van der Waals surface area contributed by atoms with E-state index in [-0.39, 0.29) is 5.91 Å². The van der Waals surface area contributed by atoms with Gasteiger partial charge in [0.05, 0.1) is 16.8 Å². The van der Waals surface area contributed by atoms with Gasteiger partial charge in [0.2, 0.25) is 5.95 Å². The summed E-state index contributed by atoms with van der Waals surface area (Å²) in [6.07, 6.45) is 2.87. The summed E-state index contributed by atoms with van der Waals surface area (Å²) in [4.78, 5) is 20.4. The van der Waals surface area contributed by atoms with Crippen molar-refractivity contribution in [3.05, 3.63) is 78.1 Å². The summed E-state index contributed by atoms with van der Waals surface area (Å²) < 4.78 is 0. The Bertz CT molecular complexity index is 885. The Hall–Kier alpha value is -3.72. The summed E-state index contributed by atoms with van der Waals surface area (Å²) in [5.74, 6) is 0.0270. The van der Waals surface area contributed by atoms with Gasteiger partial charge in [0, 0.05) is 18.1 Å².